The van der Waals surface area contributed by atoms with Crippen LogP contribution in [0.5, 0.6) is 5.75 Å². The van der Waals surface area contributed by atoms with E-state index in [4.69, 9.17) is 9.16 Å². The van der Waals surface area contributed by atoms with Crippen molar-refractivity contribution in [3.8, 4) is 5.75 Å². The van der Waals surface area contributed by atoms with E-state index >= 15 is 0 Å². The highest BCUT2D eigenvalue weighted by Gasteiger charge is 2.31. The molecule has 0 bridgehead atoms. The lowest BCUT2D eigenvalue weighted by Gasteiger charge is -2.41. The van der Waals surface area contributed by atoms with Gasteiger partial charge in [0.05, 0.1) is 6.10 Å². The average Bonchev–Trinajstić information content (AvgIpc) is 2.48. The fourth-order valence-electron chi connectivity index (χ4n) is 3.25. The normalized spacial score (nSPS) is 13.9. The second-order valence-electron chi connectivity index (χ2n) is 9.18. The minimum absolute atomic E-state index is 0.0904. The Bertz CT molecular complexity index is 562. The molecule has 26 heavy (non-hydrogen) atoms. The molecular formula is C21H39NO2Si2. The lowest BCUT2D eigenvalue weighted by atomic mass is 10.1. The monoisotopic (exact) mass is 393 g/mol. The average molecular weight is 394 g/mol. The number of para-hydroxylation sites is 1. The molecule has 1 atom stereocenters. The fraction of sp³-hybridized carbons (Fsp3) is 0.619. The summed E-state index contributed by atoms with van der Waals surface area (Å²) in [5, 5.41) is 0. The van der Waals surface area contributed by atoms with Crippen molar-refractivity contribution in [1.29, 1.82) is 0 Å². The molecule has 0 radical (unpaired) electrons. The fourth-order valence-corrected chi connectivity index (χ4v) is 6.70. The second kappa shape index (κ2) is 9.88. The Balaban J connectivity index is 2.92. The molecule has 1 aromatic rings. The molecule has 0 aliphatic heterocycles. The number of hydrogen-bond acceptors (Lipinski definition) is 3. The zero-order valence-electron chi connectivity index (χ0n) is 18.1. The zero-order valence-corrected chi connectivity index (χ0v) is 20.1. The van der Waals surface area contributed by atoms with E-state index in [0.29, 0.717) is 12.6 Å². The second-order valence-corrected chi connectivity index (χ2v) is 18.6. The van der Waals surface area contributed by atoms with Crippen molar-refractivity contribution in [2.45, 2.75) is 71.7 Å². The Hall–Kier alpha value is -0.886. The lowest BCUT2D eigenvalue weighted by molar-refractivity contribution is 0.0948. The SMILES string of the molecule is C=CCc1ccccc1OCC(CN(C(C)C)[Si](C)(C)C)O[Si](C)(C)C. The third kappa shape index (κ3) is 8.21. The van der Waals surface area contributed by atoms with Crippen molar-refractivity contribution in [2.75, 3.05) is 13.2 Å². The largest absolute Gasteiger partial charge is 0.491 e. The molecule has 0 heterocycles. The van der Waals surface area contributed by atoms with Crippen molar-refractivity contribution in [3.63, 3.8) is 0 Å². The van der Waals surface area contributed by atoms with Gasteiger partial charge in [-0.2, -0.15) is 0 Å². The molecule has 0 N–H and O–H groups in total. The van der Waals surface area contributed by atoms with Gasteiger partial charge in [-0.05, 0) is 43.7 Å². The molecule has 5 heteroatoms. The van der Waals surface area contributed by atoms with E-state index in [2.05, 4.69) is 70.3 Å². The molecular weight excluding hydrogens is 354 g/mol. The summed E-state index contributed by atoms with van der Waals surface area (Å²) in [5.41, 5.74) is 1.18. The van der Waals surface area contributed by atoms with Gasteiger partial charge in [0.2, 0.25) is 0 Å². The van der Waals surface area contributed by atoms with Gasteiger partial charge >= 0.3 is 0 Å². The molecule has 0 aliphatic rings. The van der Waals surface area contributed by atoms with Gasteiger partial charge in [0.1, 0.15) is 20.6 Å². The van der Waals surface area contributed by atoms with Gasteiger partial charge in [-0.1, -0.05) is 57.8 Å². The van der Waals surface area contributed by atoms with Gasteiger partial charge in [-0.15, -0.1) is 6.58 Å². The number of allylic oxidation sites excluding steroid dienone is 1. The number of benzene rings is 1. The predicted octanol–water partition coefficient (Wildman–Crippen LogP) is 5.56. The minimum atomic E-state index is -1.66. The molecule has 1 aromatic carbocycles. The molecule has 3 nitrogen and oxygen atoms in total. The molecule has 148 valence electrons. The summed E-state index contributed by atoms with van der Waals surface area (Å²) in [4.78, 5) is 0. The highest BCUT2D eigenvalue weighted by atomic mass is 28.4. The van der Waals surface area contributed by atoms with E-state index in [-0.39, 0.29) is 6.10 Å². The molecule has 1 unspecified atom stereocenters. The number of ether oxygens (including phenoxy) is 1. The number of nitrogens with zero attached hydrogens (tertiary/aromatic N) is 1. The van der Waals surface area contributed by atoms with E-state index in [9.17, 15) is 0 Å². The van der Waals surface area contributed by atoms with Crippen LogP contribution in [0.4, 0.5) is 0 Å². The van der Waals surface area contributed by atoms with Gasteiger partial charge in [-0.25, -0.2) is 0 Å². The van der Waals surface area contributed by atoms with Crippen LogP contribution in [-0.4, -0.2) is 46.4 Å². The summed E-state index contributed by atoms with van der Waals surface area (Å²) in [5.74, 6) is 0.945. The van der Waals surface area contributed by atoms with Crippen LogP contribution in [-0.2, 0) is 10.8 Å². The zero-order chi connectivity index (χ0) is 20.0. The summed E-state index contributed by atoms with van der Waals surface area (Å²) < 4.78 is 15.4. The highest BCUT2D eigenvalue weighted by Crippen LogP contribution is 2.21. The Labute approximate surface area is 163 Å². The molecule has 0 aliphatic carbocycles. The van der Waals surface area contributed by atoms with Crippen LogP contribution in [0, 0.1) is 0 Å². The summed E-state index contributed by atoms with van der Waals surface area (Å²) in [7, 11) is -3.08. The first-order chi connectivity index (χ1) is 11.9. The summed E-state index contributed by atoms with van der Waals surface area (Å²) >= 11 is 0. The minimum Gasteiger partial charge on any atom is -0.491 e. The highest BCUT2D eigenvalue weighted by molar-refractivity contribution is 6.73. The third-order valence-corrected chi connectivity index (χ3v) is 7.63. The van der Waals surface area contributed by atoms with Gasteiger partial charge in [0.25, 0.3) is 0 Å². The first kappa shape index (κ1) is 23.2. The molecule has 0 saturated carbocycles. The van der Waals surface area contributed by atoms with E-state index in [1.165, 1.54) is 5.56 Å². The van der Waals surface area contributed by atoms with E-state index in [1.807, 2.05) is 24.3 Å². The topological polar surface area (TPSA) is 21.7 Å². The Kier molecular flexibility index (Phi) is 8.80. The third-order valence-electron chi connectivity index (χ3n) is 4.17. The van der Waals surface area contributed by atoms with E-state index in [1.54, 1.807) is 0 Å². The van der Waals surface area contributed by atoms with Crippen LogP contribution in [0.1, 0.15) is 19.4 Å². The standard InChI is InChI=1S/C21H39NO2Si2/c1-10-13-19-14-11-12-15-21(19)23-17-20(24-26(7,8)9)16-22(18(2)3)25(4,5)6/h10-12,14-15,18,20H,1,13,16-17H2,2-9H3. The van der Waals surface area contributed by atoms with Gasteiger partial charge < -0.3 is 13.7 Å². The smallest absolute Gasteiger partial charge is 0.184 e. The number of rotatable bonds is 11. The van der Waals surface area contributed by atoms with Crippen molar-refractivity contribution in [1.82, 2.24) is 4.57 Å². The quantitative estimate of drug-likeness (QED) is 0.363. The maximum Gasteiger partial charge on any atom is 0.184 e. The lowest BCUT2D eigenvalue weighted by Crippen LogP contribution is -2.55. The Morgan fingerprint density at radius 2 is 1.69 bits per heavy atom. The van der Waals surface area contributed by atoms with Crippen molar-refractivity contribution >= 4 is 16.6 Å². The van der Waals surface area contributed by atoms with Crippen LogP contribution >= 0.6 is 0 Å². The first-order valence-corrected chi connectivity index (χ1v) is 16.6. The molecule has 0 aromatic heterocycles. The maximum absolute atomic E-state index is 6.51. The van der Waals surface area contributed by atoms with Crippen LogP contribution in [0.25, 0.3) is 0 Å². The van der Waals surface area contributed by atoms with Crippen molar-refractivity contribution in [2.24, 2.45) is 0 Å². The number of hydrogen-bond donors (Lipinski definition) is 0. The summed E-state index contributed by atoms with van der Waals surface area (Å²) in [6.45, 7) is 23.9. The Morgan fingerprint density at radius 3 is 2.19 bits per heavy atom. The molecule has 0 spiro atoms. The summed E-state index contributed by atoms with van der Waals surface area (Å²) in [6, 6.07) is 8.74. The van der Waals surface area contributed by atoms with Crippen LogP contribution in [0.15, 0.2) is 36.9 Å². The molecule has 0 saturated heterocycles. The van der Waals surface area contributed by atoms with Gasteiger partial charge in [0.15, 0.2) is 8.32 Å². The van der Waals surface area contributed by atoms with Crippen LogP contribution < -0.4 is 4.74 Å². The van der Waals surface area contributed by atoms with Crippen molar-refractivity contribution < 1.29 is 9.16 Å². The van der Waals surface area contributed by atoms with Gasteiger partial charge in [-0.3, -0.25) is 0 Å². The molecule has 0 fully saturated rings. The van der Waals surface area contributed by atoms with E-state index in [0.717, 1.165) is 18.7 Å². The molecule has 1 rings (SSSR count). The van der Waals surface area contributed by atoms with E-state index < -0.39 is 16.6 Å². The van der Waals surface area contributed by atoms with Gasteiger partial charge in [0, 0.05) is 6.54 Å². The van der Waals surface area contributed by atoms with Crippen LogP contribution in [0.2, 0.25) is 39.3 Å². The molecule has 0 amide bonds. The summed E-state index contributed by atoms with van der Waals surface area (Å²) in [6.07, 6.45) is 2.83. The van der Waals surface area contributed by atoms with Crippen molar-refractivity contribution in [3.05, 3.63) is 42.5 Å². The maximum atomic E-state index is 6.51. The predicted molar refractivity (Wildman–Crippen MR) is 119 cm³/mol. The first-order valence-electron chi connectivity index (χ1n) is 9.70. The van der Waals surface area contributed by atoms with Crippen LogP contribution in [0.3, 0.4) is 0 Å². The Morgan fingerprint density at radius 1 is 1.08 bits per heavy atom.